The molecule has 2 fully saturated rings. The molecule has 5 heteroatoms. The van der Waals surface area contributed by atoms with E-state index in [9.17, 15) is 14.9 Å². The van der Waals surface area contributed by atoms with E-state index in [-0.39, 0.29) is 17.5 Å². The molecule has 106 valence electrons. The summed E-state index contributed by atoms with van der Waals surface area (Å²) in [6.45, 7) is 3.72. The maximum Gasteiger partial charge on any atom is 0.293 e. The minimum atomic E-state index is -0.436. The summed E-state index contributed by atoms with van der Waals surface area (Å²) in [5, 5.41) is 13.9. The van der Waals surface area contributed by atoms with Gasteiger partial charge in [0.15, 0.2) is 0 Å². The molecule has 2 unspecified atom stereocenters. The molecule has 0 heterocycles. The van der Waals surface area contributed by atoms with Crippen molar-refractivity contribution in [3.05, 3.63) is 33.4 Å². The number of hydrogen-bond acceptors (Lipinski definition) is 3. The van der Waals surface area contributed by atoms with Gasteiger partial charge >= 0.3 is 0 Å². The van der Waals surface area contributed by atoms with E-state index in [1.807, 2.05) is 13.8 Å². The molecule has 0 saturated heterocycles. The number of aryl methyl sites for hydroxylation is 2. The highest BCUT2D eigenvalue weighted by Gasteiger charge is 2.48. The lowest BCUT2D eigenvalue weighted by Gasteiger charge is -2.13. The predicted molar refractivity (Wildman–Crippen MR) is 75.5 cm³/mol. The van der Waals surface area contributed by atoms with Crippen LogP contribution in [0, 0.1) is 41.7 Å². The smallest absolute Gasteiger partial charge is 0.293 e. The van der Waals surface area contributed by atoms with Gasteiger partial charge < -0.3 is 5.32 Å². The van der Waals surface area contributed by atoms with E-state index in [1.54, 1.807) is 6.07 Å². The van der Waals surface area contributed by atoms with E-state index >= 15 is 0 Å². The first-order valence-electron chi connectivity index (χ1n) is 7.02. The van der Waals surface area contributed by atoms with Gasteiger partial charge in [-0.2, -0.15) is 0 Å². The second-order valence-corrected chi connectivity index (χ2v) is 6.12. The second-order valence-electron chi connectivity index (χ2n) is 6.12. The number of anilines is 1. The van der Waals surface area contributed by atoms with Crippen molar-refractivity contribution in [2.75, 3.05) is 5.32 Å². The number of carbonyl (C=O) groups is 1. The molecule has 2 saturated carbocycles. The fraction of sp³-hybridized carbons (Fsp3) is 0.533. The Balaban J connectivity index is 1.80. The summed E-state index contributed by atoms with van der Waals surface area (Å²) < 4.78 is 0. The average Bonchev–Trinajstić information content (AvgIpc) is 2.99. The number of nitrogens with one attached hydrogen (secondary N) is 1. The maximum atomic E-state index is 12.2. The van der Waals surface area contributed by atoms with Crippen molar-refractivity contribution in [2.45, 2.75) is 33.1 Å². The average molecular weight is 274 g/mol. The fourth-order valence-electron chi connectivity index (χ4n) is 3.22. The molecule has 1 amide bonds. The van der Waals surface area contributed by atoms with Crippen molar-refractivity contribution in [3.8, 4) is 0 Å². The van der Waals surface area contributed by atoms with Gasteiger partial charge in [0.25, 0.3) is 5.69 Å². The number of fused-ring (bicyclic) bond motifs is 1. The van der Waals surface area contributed by atoms with Crippen molar-refractivity contribution in [1.82, 2.24) is 0 Å². The minimum absolute atomic E-state index is 0.0235. The van der Waals surface area contributed by atoms with E-state index in [4.69, 9.17) is 0 Å². The Morgan fingerprint density at radius 1 is 1.20 bits per heavy atom. The highest BCUT2D eigenvalue weighted by Crippen LogP contribution is 2.54. The minimum Gasteiger partial charge on any atom is -0.320 e. The highest BCUT2D eigenvalue weighted by molar-refractivity contribution is 5.95. The van der Waals surface area contributed by atoms with E-state index in [1.165, 1.54) is 12.5 Å². The molecule has 0 spiro atoms. The molecule has 5 nitrogen and oxygen atoms in total. The third kappa shape index (κ3) is 2.28. The van der Waals surface area contributed by atoms with Gasteiger partial charge in [0.2, 0.25) is 5.91 Å². The number of nitro groups is 1. The van der Waals surface area contributed by atoms with Crippen LogP contribution < -0.4 is 5.32 Å². The van der Waals surface area contributed by atoms with Gasteiger partial charge in [0.05, 0.1) is 4.92 Å². The Kier molecular flexibility index (Phi) is 3.00. The number of rotatable bonds is 3. The van der Waals surface area contributed by atoms with Crippen LogP contribution >= 0.6 is 0 Å². The van der Waals surface area contributed by atoms with E-state index < -0.39 is 4.92 Å². The lowest BCUT2D eigenvalue weighted by molar-refractivity contribution is -0.384. The Morgan fingerprint density at radius 3 is 2.40 bits per heavy atom. The Hall–Kier alpha value is -1.91. The fourth-order valence-corrected chi connectivity index (χ4v) is 3.22. The normalized spacial score (nSPS) is 27.0. The second kappa shape index (κ2) is 4.58. The number of nitrogens with zero attached hydrogens (tertiary/aromatic N) is 1. The Bertz CT molecular complexity index is 587. The topological polar surface area (TPSA) is 72.2 Å². The summed E-state index contributed by atoms with van der Waals surface area (Å²) in [5.41, 5.74) is 2.10. The van der Waals surface area contributed by atoms with Crippen molar-refractivity contribution in [3.63, 3.8) is 0 Å². The first-order valence-corrected chi connectivity index (χ1v) is 7.02. The van der Waals surface area contributed by atoms with Crippen LogP contribution in [0.3, 0.4) is 0 Å². The van der Waals surface area contributed by atoms with Gasteiger partial charge in [-0.15, -0.1) is 0 Å². The van der Waals surface area contributed by atoms with Gasteiger partial charge in [0.1, 0.15) is 5.69 Å². The van der Waals surface area contributed by atoms with E-state index in [0.717, 1.165) is 35.8 Å². The first kappa shape index (κ1) is 13.1. The van der Waals surface area contributed by atoms with Crippen LogP contribution in [0.1, 0.15) is 30.4 Å². The molecule has 1 aromatic rings. The number of amides is 1. The first-order chi connectivity index (χ1) is 9.45. The molecule has 1 aromatic carbocycles. The zero-order chi connectivity index (χ0) is 14.4. The molecule has 3 rings (SSSR count). The third-order valence-electron chi connectivity index (χ3n) is 4.68. The van der Waals surface area contributed by atoms with Crippen LogP contribution in [0.4, 0.5) is 11.4 Å². The summed E-state index contributed by atoms with van der Waals surface area (Å²) in [6.07, 6.45) is 3.14. The third-order valence-corrected chi connectivity index (χ3v) is 4.68. The van der Waals surface area contributed by atoms with Crippen LogP contribution in [0.2, 0.25) is 0 Å². The summed E-state index contributed by atoms with van der Waals surface area (Å²) in [4.78, 5) is 22.9. The van der Waals surface area contributed by atoms with Crippen LogP contribution in [0.5, 0.6) is 0 Å². The largest absolute Gasteiger partial charge is 0.320 e. The van der Waals surface area contributed by atoms with Crippen LogP contribution in [0.25, 0.3) is 0 Å². The summed E-state index contributed by atoms with van der Waals surface area (Å²) in [7, 11) is 0. The SMILES string of the molecule is Cc1cc(NC(=O)C2CC3CC3C2)c([N+](=O)[O-])cc1C. The molecule has 20 heavy (non-hydrogen) atoms. The van der Waals surface area contributed by atoms with Gasteiger partial charge in [-0.25, -0.2) is 0 Å². The maximum absolute atomic E-state index is 12.2. The number of carbonyl (C=O) groups excluding carboxylic acids is 1. The van der Waals surface area contributed by atoms with Crippen molar-refractivity contribution in [2.24, 2.45) is 17.8 Å². The standard InChI is InChI=1S/C15H18N2O3/c1-8-3-13(14(17(19)20)4-9(8)2)16-15(18)12-6-10-5-11(10)7-12/h3-4,10-12H,5-7H2,1-2H3,(H,16,18). The van der Waals surface area contributed by atoms with E-state index in [0.29, 0.717) is 5.69 Å². The highest BCUT2D eigenvalue weighted by atomic mass is 16.6. The summed E-state index contributed by atoms with van der Waals surface area (Å²) in [5.74, 6) is 1.41. The molecule has 1 N–H and O–H groups in total. The van der Waals surface area contributed by atoms with Gasteiger partial charge in [0, 0.05) is 12.0 Å². The zero-order valence-electron chi connectivity index (χ0n) is 11.7. The monoisotopic (exact) mass is 274 g/mol. The number of benzene rings is 1. The summed E-state index contributed by atoms with van der Waals surface area (Å²) >= 11 is 0. The zero-order valence-corrected chi connectivity index (χ0v) is 11.7. The van der Waals surface area contributed by atoms with Crippen molar-refractivity contribution in [1.29, 1.82) is 0 Å². The molecule has 0 bridgehead atoms. The lowest BCUT2D eigenvalue weighted by atomic mass is 10.0. The van der Waals surface area contributed by atoms with E-state index in [2.05, 4.69) is 5.32 Å². The molecule has 0 aliphatic heterocycles. The van der Waals surface area contributed by atoms with Crippen molar-refractivity contribution < 1.29 is 9.72 Å². The molecule has 2 aliphatic carbocycles. The predicted octanol–water partition coefficient (Wildman–Crippen LogP) is 3.20. The number of hydrogen-bond donors (Lipinski definition) is 1. The van der Waals surface area contributed by atoms with Gasteiger partial charge in [-0.1, -0.05) is 0 Å². The summed E-state index contributed by atoms with van der Waals surface area (Å²) in [6, 6.07) is 3.22. The Labute approximate surface area is 117 Å². The van der Waals surface area contributed by atoms with Crippen LogP contribution in [-0.2, 0) is 4.79 Å². The van der Waals surface area contributed by atoms with Gasteiger partial charge in [-0.05, 0) is 62.1 Å². The number of nitro benzene ring substituents is 1. The molecule has 0 radical (unpaired) electrons. The quantitative estimate of drug-likeness (QED) is 0.679. The lowest BCUT2D eigenvalue weighted by Crippen LogP contribution is -2.22. The van der Waals surface area contributed by atoms with Crippen molar-refractivity contribution >= 4 is 17.3 Å². The molecule has 0 aromatic heterocycles. The van der Waals surface area contributed by atoms with Crippen LogP contribution in [-0.4, -0.2) is 10.8 Å². The van der Waals surface area contributed by atoms with Crippen LogP contribution in [0.15, 0.2) is 12.1 Å². The molecule has 2 atom stereocenters. The Morgan fingerprint density at radius 2 is 1.80 bits per heavy atom. The van der Waals surface area contributed by atoms with Gasteiger partial charge in [-0.3, -0.25) is 14.9 Å². The molecular formula is C15H18N2O3. The molecule has 2 aliphatic rings. The molecular weight excluding hydrogens is 256 g/mol.